The molecular weight excluding hydrogens is 315 g/mol. The number of alkyl halides is 3. The van der Waals surface area contributed by atoms with Crippen molar-refractivity contribution < 1.29 is 47.8 Å². The molecular formula is C7H6CuF3NO4S. The summed E-state index contributed by atoms with van der Waals surface area (Å²) < 4.78 is 69.8. The molecule has 0 fully saturated rings. The first-order valence-corrected chi connectivity index (χ1v) is 4.93. The molecule has 1 aromatic carbocycles. The number of nitrogen functional groups attached to an aromatic ring is 1. The van der Waals surface area contributed by atoms with Crippen molar-refractivity contribution in [1.82, 2.24) is 0 Å². The van der Waals surface area contributed by atoms with Crippen molar-refractivity contribution in [3.8, 4) is 0 Å². The Morgan fingerprint density at radius 1 is 1.18 bits per heavy atom. The van der Waals surface area contributed by atoms with Crippen LogP contribution in [-0.4, -0.2) is 17.5 Å². The largest absolute Gasteiger partial charge is 2.00 e. The molecule has 0 aliphatic heterocycles. The standard InChI is InChI=1S/C7H6F3N.Cu.H2O4S/c8-7(9,10)5-2-1-3-6(11)4-5;;1-5(2,3)4/h1-4H,11H2;;(H2,1,2,3,4)/q;+2;/p-2. The molecule has 101 valence electrons. The fourth-order valence-electron chi connectivity index (χ4n) is 0.715. The first-order chi connectivity index (χ1) is 7.00. The van der Waals surface area contributed by atoms with E-state index in [0.29, 0.717) is 0 Å². The maximum atomic E-state index is 11.9. The van der Waals surface area contributed by atoms with Crippen LogP contribution in [0, 0.1) is 0 Å². The minimum absolute atomic E-state index is 0. The van der Waals surface area contributed by atoms with E-state index < -0.39 is 22.1 Å². The molecule has 0 bridgehead atoms. The minimum atomic E-state index is -5.17. The molecule has 0 unspecified atom stereocenters. The number of anilines is 1. The second kappa shape index (κ2) is 6.82. The van der Waals surface area contributed by atoms with Gasteiger partial charge in [-0.25, -0.2) is 0 Å². The van der Waals surface area contributed by atoms with Gasteiger partial charge in [0.15, 0.2) is 0 Å². The predicted molar refractivity (Wildman–Crippen MR) is 46.3 cm³/mol. The molecule has 0 aromatic heterocycles. The van der Waals surface area contributed by atoms with Gasteiger partial charge in [0.1, 0.15) is 0 Å². The molecule has 1 aromatic rings. The van der Waals surface area contributed by atoms with Crippen LogP contribution in [-0.2, 0) is 33.6 Å². The summed E-state index contributed by atoms with van der Waals surface area (Å²) in [6.07, 6.45) is -4.30. The van der Waals surface area contributed by atoms with Gasteiger partial charge in [-0.2, -0.15) is 13.2 Å². The summed E-state index contributed by atoms with van der Waals surface area (Å²) in [5.41, 5.74) is 4.57. The molecule has 0 saturated carbocycles. The number of hydrogen-bond acceptors (Lipinski definition) is 5. The van der Waals surface area contributed by atoms with E-state index in [2.05, 4.69) is 0 Å². The zero-order chi connectivity index (χ0) is 13.0. The quantitative estimate of drug-likeness (QED) is 0.331. The van der Waals surface area contributed by atoms with E-state index >= 15 is 0 Å². The van der Waals surface area contributed by atoms with E-state index in [1.807, 2.05) is 0 Å². The van der Waals surface area contributed by atoms with Gasteiger partial charge in [0.25, 0.3) is 0 Å². The molecule has 0 aliphatic carbocycles. The second-order valence-corrected chi connectivity index (χ2v) is 3.35. The van der Waals surface area contributed by atoms with Gasteiger partial charge in [-0.1, -0.05) is 6.07 Å². The third-order valence-corrected chi connectivity index (χ3v) is 1.21. The minimum Gasteiger partial charge on any atom is -0.759 e. The summed E-state index contributed by atoms with van der Waals surface area (Å²) in [5.74, 6) is 0. The number of nitrogens with two attached hydrogens (primary N) is 1. The third-order valence-electron chi connectivity index (χ3n) is 1.21. The fourth-order valence-corrected chi connectivity index (χ4v) is 0.715. The van der Waals surface area contributed by atoms with E-state index in [1.54, 1.807) is 0 Å². The molecule has 1 radical (unpaired) electrons. The molecule has 0 saturated heterocycles. The van der Waals surface area contributed by atoms with E-state index in [-0.39, 0.29) is 22.8 Å². The van der Waals surface area contributed by atoms with Crippen molar-refractivity contribution in [2.45, 2.75) is 6.18 Å². The van der Waals surface area contributed by atoms with Crippen molar-refractivity contribution in [2.24, 2.45) is 0 Å². The maximum Gasteiger partial charge on any atom is 2.00 e. The van der Waals surface area contributed by atoms with Crippen LogP contribution >= 0.6 is 0 Å². The SMILES string of the molecule is Nc1cccc(C(F)(F)F)c1.O=S(=O)([O-])[O-].[Cu+2]. The number of hydrogen-bond donors (Lipinski definition) is 1. The Morgan fingerprint density at radius 2 is 1.59 bits per heavy atom. The molecule has 0 aliphatic rings. The summed E-state index contributed by atoms with van der Waals surface area (Å²) in [4.78, 5) is 0. The van der Waals surface area contributed by atoms with Gasteiger partial charge < -0.3 is 14.8 Å². The molecule has 2 N–H and O–H groups in total. The monoisotopic (exact) mass is 320 g/mol. The van der Waals surface area contributed by atoms with Gasteiger partial charge in [0.2, 0.25) is 0 Å². The molecule has 0 heterocycles. The van der Waals surface area contributed by atoms with Crippen LogP contribution < -0.4 is 5.73 Å². The first kappa shape index (κ1) is 18.6. The van der Waals surface area contributed by atoms with Crippen LogP contribution in [0.1, 0.15) is 5.56 Å². The van der Waals surface area contributed by atoms with E-state index in [0.717, 1.165) is 12.1 Å². The molecule has 0 spiro atoms. The maximum absolute atomic E-state index is 11.9. The zero-order valence-corrected chi connectivity index (χ0v) is 9.62. The first-order valence-electron chi connectivity index (χ1n) is 3.59. The third kappa shape index (κ3) is 11.5. The smallest absolute Gasteiger partial charge is 0.759 e. The Hall–Kier alpha value is -0.801. The van der Waals surface area contributed by atoms with Crippen molar-refractivity contribution >= 4 is 16.1 Å². The van der Waals surface area contributed by atoms with Gasteiger partial charge in [-0.15, -0.1) is 0 Å². The average Bonchev–Trinajstić information content (AvgIpc) is 1.99. The molecule has 5 nitrogen and oxygen atoms in total. The summed E-state index contributed by atoms with van der Waals surface area (Å²) in [6.45, 7) is 0. The van der Waals surface area contributed by atoms with Gasteiger partial charge >= 0.3 is 23.2 Å². The molecule has 0 amide bonds. The summed E-state index contributed by atoms with van der Waals surface area (Å²) >= 11 is 0. The van der Waals surface area contributed by atoms with Crippen LogP contribution in [0.3, 0.4) is 0 Å². The van der Waals surface area contributed by atoms with Crippen molar-refractivity contribution in [3.05, 3.63) is 29.8 Å². The van der Waals surface area contributed by atoms with E-state index in [4.69, 9.17) is 23.3 Å². The van der Waals surface area contributed by atoms with Crippen LogP contribution in [0.15, 0.2) is 24.3 Å². The normalized spacial score (nSPS) is 10.9. The number of benzene rings is 1. The van der Waals surface area contributed by atoms with Crippen molar-refractivity contribution in [3.63, 3.8) is 0 Å². The Labute approximate surface area is 106 Å². The topological polar surface area (TPSA) is 106 Å². The Balaban J connectivity index is 0. The Morgan fingerprint density at radius 3 is 1.82 bits per heavy atom. The fraction of sp³-hybridized carbons (Fsp3) is 0.143. The van der Waals surface area contributed by atoms with Gasteiger partial charge in [0, 0.05) is 16.1 Å². The van der Waals surface area contributed by atoms with Crippen LogP contribution in [0.2, 0.25) is 0 Å². The summed E-state index contributed by atoms with van der Waals surface area (Å²) in [7, 11) is -5.17. The summed E-state index contributed by atoms with van der Waals surface area (Å²) in [5, 5.41) is 0. The summed E-state index contributed by atoms with van der Waals surface area (Å²) in [6, 6.07) is 4.57. The van der Waals surface area contributed by atoms with Crippen molar-refractivity contribution in [2.75, 3.05) is 5.73 Å². The number of halogens is 3. The van der Waals surface area contributed by atoms with Crippen LogP contribution in [0.25, 0.3) is 0 Å². The van der Waals surface area contributed by atoms with Crippen molar-refractivity contribution in [1.29, 1.82) is 0 Å². The Kier molecular flexibility index (Phi) is 7.45. The zero-order valence-electron chi connectivity index (χ0n) is 7.86. The van der Waals surface area contributed by atoms with Gasteiger partial charge in [-0.3, -0.25) is 8.42 Å². The van der Waals surface area contributed by atoms with Gasteiger partial charge in [-0.05, 0) is 18.2 Å². The second-order valence-electron chi connectivity index (χ2n) is 2.53. The van der Waals surface area contributed by atoms with Gasteiger partial charge in [0.05, 0.1) is 5.56 Å². The predicted octanol–water partition coefficient (Wildman–Crippen LogP) is 0.947. The Bertz CT molecular complexity index is 441. The van der Waals surface area contributed by atoms with Crippen LogP contribution in [0.4, 0.5) is 18.9 Å². The molecule has 10 heteroatoms. The molecule has 1 rings (SSSR count). The van der Waals surface area contributed by atoms with E-state index in [1.165, 1.54) is 12.1 Å². The molecule has 17 heavy (non-hydrogen) atoms. The average molecular weight is 321 g/mol. The number of rotatable bonds is 0. The van der Waals surface area contributed by atoms with Crippen LogP contribution in [0.5, 0.6) is 0 Å². The molecule has 0 atom stereocenters. The van der Waals surface area contributed by atoms with E-state index in [9.17, 15) is 13.2 Å².